The van der Waals surface area contributed by atoms with Gasteiger partial charge in [-0.1, -0.05) is 6.42 Å². The van der Waals surface area contributed by atoms with E-state index in [1.807, 2.05) is 18.2 Å². The summed E-state index contributed by atoms with van der Waals surface area (Å²) in [7, 11) is 0. The number of anilines is 1. The first-order chi connectivity index (χ1) is 12.2. The molecule has 1 saturated carbocycles. The van der Waals surface area contributed by atoms with Crippen molar-refractivity contribution in [1.82, 2.24) is 5.32 Å². The zero-order chi connectivity index (χ0) is 17.6. The molecule has 2 atom stereocenters. The molecule has 2 amide bonds. The highest BCUT2D eigenvalue weighted by Crippen LogP contribution is 2.27. The summed E-state index contributed by atoms with van der Waals surface area (Å²) in [5, 5.41) is 5.96. The van der Waals surface area contributed by atoms with E-state index in [4.69, 9.17) is 10.5 Å². The van der Waals surface area contributed by atoms with Crippen molar-refractivity contribution in [3.63, 3.8) is 0 Å². The van der Waals surface area contributed by atoms with Gasteiger partial charge in [0.2, 0.25) is 11.8 Å². The smallest absolute Gasteiger partial charge is 0.224 e. The average Bonchev–Trinajstić information content (AvgIpc) is 3.05. The minimum Gasteiger partial charge on any atom is -0.494 e. The predicted octanol–water partition coefficient (Wildman–Crippen LogP) is 2.40. The normalized spacial score (nSPS) is 21.3. The Morgan fingerprint density at radius 1 is 1.31 bits per heavy atom. The second-order valence-corrected chi connectivity index (χ2v) is 6.92. The van der Waals surface area contributed by atoms with Crippen LogP contribution < -0.4 is 21.1 Å². The highest BCUT2D eigenvalue weighted by molar-refractivity contribution is 5.94. The molecule has 1 heterocycles. The highest BCUT2D eigenvalue weighted by Gasteiger charge is 2.27. The quantitative estimate of drug-likeness (QED) is 0.632. The Bertz CT molecular complexity index is 638. The third kappa shape index (κ3) is 5.35. The molecule has 3 rings (SSSR count). The lowest BCUT2D eigenvalue weighted by molar-refractivity contribution is -0.122. The van der Waals surface area contributed by atoms with E-state index in [1.165, 1.54) is 0 Å². The minimum absolute atomic E-state index is 0. The van der Waals surface area contributed by atoms with Crippen LogP contribution in [0, 0.1) is 5.92 Å². The van der Waals surface area contributed by atoms with Crippen LogP contribution >= 0.6 is 12.4 Å². The maximum absolute atomic E-state index is 12.0. The number of aryl methyl sites for hydroxylation is 1. The summed E-state index contributed by atoms with van der Waals surface area (Å²) < 4.78 is 5.75. The number of nitrogens with one attached hydrogen (secondary N) is 2. The third-order valence-electron chi connectivity index (χ3n) is 5.10. The van der Waals surface area contributed by atoms with E-state index < -0.39 is 0 Å². The molecular weight excluding hydrogens is 354 g/mol. The Hall–Kier alpha value is -1.79. The number of fused-ring (bicyclic) bond motifs is 1. The summed E-state index contributed by atoms with van der Waals surface area (Å²) in [5.74, 6) is 1.36. The molecule has 0 radical (unpaired) electrons. The van der Waals surface area contributed by atoms with Gasteiger partial charge < -0.3 is 21.1 Å². The van der Waals surface area contributed by atoms with E-state index in [0.717, 1.165) is 42.7 Å². The molecule has 1 aromatic rings. The molecule has 2 aliphatic rings. The number of amides is 2. The van der Waals surface area contributed by atoms with Crippen LogP contribution in [-0.4, -0.2) is 31.0 Å². The summed E-state index contributed by atoms with van der Waals surface area (Å²) in [5.41, 5.74) is 7.72. The summed E-state index contributed by atoms with van der Waals surface area (Å²) >= 11 is 0. The predicted molar refractivity (Wildman–Crippen MR) is 104 cm³/mol. The molecule has 7 heteroatoms. The third-order valence-corrected chi connectivity index (χ3v) is 5.10. The maximum Gasteiger partial charge on any atom is 0.224 e. The van der Waals surface area contributed by atoms with Crippen LogP contribution in [0.2, 0.25) is 0 Å². The van der Waals surface area contributed by atoms with Crippen LogP contribution in [-0.2, 0) is 16.0 Å². The number of hydrogen-bond donors (Lipinski definition) is 3. The molecule has 1 fully saturated rings. The Morgan fingerprint density at radius 3 is 2.96 bits per heavy atom. The number of ether oxygens (including phenoxy) is 1. The van der Waals surface area contributed by atoms with E-state index in [9.17, 15) is 9.59 Å². The van der Waals surface area contributed by atoms with Crippen molar-refractivity contribution in [3.8, 4) is 5.75 Å². The van der Waals surface area contributed by atoms with Gasteiger partial charge in [-0.3, -0.25) is 9.59 Å². The molecule has 26 heavy (non-hydrogen) atoms. The van der Waals surface area contributed by atoms with Gasteiger partial charge in [0.15, 0.2) is 0 Å². The first-order valence-electron chi connectivity index (χ1n) is 9.20. The maximum atomic E-state index is 12.0. The standard InChI is InChI=1S/C19H27N3O3.ClH/c20-12-14-3-1-4-16(14)21-18(23)5-2-10-25-15-7-8-17-13(11-15)6-9-19(24)22-17;/h7-8,11,14,16H,1-6,9-10,12,20H2,(H,21,23)(H,22,24);1H. The fourth-order valence-electron chi connectivity index (χ4n) is 3.66. The molecule has 6 nitrogen and oxygen atoms in total. The number of halogens is 1. The van der Waals surface area contributed by atoms with Gasteiger partial charge in [-0.25, -0.2) is 0 Å². The lowest BCUT2D eigenvalue weighted by atomic mass is 10.0. The molecular formula is C19H28ClN3O3. The van der Waals surface area contributed by atoms with Gasteiger partial charge >= 0.3 is 0 Å². The largest absolute Gasteiger partial charge is 0.494 e. The van der Waals surface area contributed by atoms with Gasteiger partial charge in [0.25, 0.3) is 0 Å². The number of rotatable bonds is 7. The van der Waals surface area contributed by atoms with E-state index in [-0.39, 0.29) is 30.3 Å². The van der Waals surface area contributed by atoms with Gasteiger partial charge in [-0.15, -0.1) is 12.4 Å². The Balaban J connectivity index is 0.00000243. The van der Waals surface area contributed by atoms with Crippen molar-refractivity contribution in [3.05, 3.63) is 23.8 Å². The van der Waals surface area contributed by atoms with Crippen LogP contribution in [0.25, 0.3) is 0 Å². The molecule has 144 valence electrons. The van der Waals surface area contributed by atoms with Gasteiger partial charge in [-0.2, -0.15) is 0 Å². The van der Waals surface area contributed by atoms with Gasteiger partial charge in [0, 0.05) is 24.6 Å². The van der Waals surface area contributed by atoms with Crippen molar-refractivity contribution >= 4 is 29.9 Å². The summed E-state index contributed by atoms with van der Waals surface area (Å²) in [6, 6.07) is 5.95. The highest BCUT2D eigenvalue weighted by atomic mass is 35.5. The average molecular weight is 382 g/mol. The van der Waals surface area contributed by atoms with Gasteiger partial charge in [0.05, 0.1) is 6.61 Å². The zero-order valence-electron chi connectivity index (χ0n) is 15.0. The number of nitrogens with two attached hydrogens (primary N) is 1. The van der Waals surface area contributed by atoms with Crippen molar-refractivity contribution < 1.29 is 14.3 Å². The molecule has 0 saturated heterocycles. The summed E-state index contributed by atoms with van der Waals surface area (Å²) in [6.07, 6.45) is 5.70. The van der Waals surface area contributed by atoms with E-state index in [2.05, 4.69) is 10.6 Å². The van der Waals surface area contributed by atoms with Crippen molar-refractivity contribution in [2.75, 3.05) is 18.5 Å². The van der Waals surface area contributed by atoms with E-state index in [1.54, 1.807) is 0 Å². The van der Waals surface area contributed by atoms with Crippen LogP contribution in [0.1, 0.15) is 44.1 Å². The Kier molecular flexibility index (Phi) is 7.72. The first kappa shape index (κ1) is 20.5. The second kappa shape index (κ2) is 9.78. The second-order valence-electron chi connectivity index (χ2n) is 6.92. The number of carbonyl (C=O) groups is 2. The van der Waals surface area contributed by atoms with Crippen molar-refractivity contribution in [2.45, 2.75) is 51.0 Å². The number of hydrogen-bond acceptors (Lipinski definition) is 4. The first-order valence-corrected chi connectivity index (χ1v) is 9.20. The molecule has 1 aliphatic heterocycles. The zero-order valence-corrected chi connectivity index (χ0v) is 15.8. The number of carbonyl (C=O) groups excluding carboxylic acids is 2. The summed E-state index contributed by atoms with van der Waals surface area (Å²) in [4.78, 5) is 23.4. The minimum atomic E-state index is 0. The SMILES string of the molecule is Cl.NCC1CCCC1NC(=O)CCCOc1ccc2c(c1)CCC(=O)N2. The lowest BCUT2D eigenvalue weighted by Gasteiger charge is -2.19. The van der Waals surface area contributed by atoms with Crippen LogP contribution in [0.4, 0.5) is 5.69 Å². The Morgan fingerprint density at radius 2 is 2.15 bits per heavy atom. The van der Waals surface area contributed by atoms with E-state index in [0.29, 0.717) is 38.3 Å². The lowest BCUT2D eigenvalue weighted by Crippen LogP contribution is -2.39. The van der Waals surface area contributed by atoms with Gasteiger partial charge in [-0.05, 0) is 61.9 Å². The summed E-state index contributed by atoms with van der Waals surface area (Å²) in [6.45, 7) is 1.15. The van der Waals surface area contributed by atoms with E-state index >= 15 is 0 Å². The Labute approximate surface area is 160 Å². The van der Waals surface area contributed by atoms with Crippen molar-refractivity contribution in [1.29, 1.82) is 0 Å². The molecule has 0 spiro atoms. The molecule has 2 unspecified atom stereocenters. The van der Waals surface area contributed by atoms with Crippen molar-refractivity contribution in [2.24, 2.45) is 11.7 Å². The van der Waals surface area contributed by atoms with Crippen LogP contribution in [0.15, 0.2) is 18.2 Å². The van der Waals surface area contributed by atoms with Crippen LogP contribution in [0.5, 0.6) is 5.75 Å². The van der Waals surface area contributed by atoms with Crippen LogP contribution in [0.3, 0.4) is 0 Å². The number of benzene rings is 1. The molecule has 0 aromatic heterocycles. The molecule has 1 aromatic carbocycles. The monoisotopic (exact) mass is 381 g/mol. The topological polar surface area (TPSA) is 93.4 Å². The molecule has 4 N–H and O–H groups in total. The molecule has 1 aliphatic carbocycles. The fourth-order valence-corrected chi connectivity index (χ4v) is 3.66. The van der Waals surface area contributed by atoms with Gasteiger partial charge in [0.1, 0.15) is 5.75 Å². The fraction of sp³-hybridized carbons (Fsp3) is 0.579. The molecule has 0 bridgehead atoms.